The van der Waals surface area contributed by atoms with Gasteiger partial charge in [0.2, 0.25) is 0 Å². The van der Waals surface area contributed by atoms with E-state index in [0.717, 1.165) is 10.9 Å². The van der Waals surface area contributed by atoms with Crippen molar-refractivity contribution in [1.82, 2.24) is 15.1 Å². The average Bonchev–Trinajstić information content (AvgIpc) is 3.22. The van der Waals surface area contributed by atoms with Gasteiger partial charge in [0.1, 0.15) is 5.76 Å². The quantitative estimate of drug-likeness (QED) is 0.767. The molecular weight excluding hydrogens is 335 g/mol. The Morgan fingerprint density at radius 3 is 2.56 bits per heavy atom. The van der Waals surface area contributed by atoms with E-state index >= 15 is 0 Å². The Hall–Kier alpha value is -3.03. The summed E-state index contributed by atoms with van der Waals surface area (Å²) in [6.45, 7) is -0.0891. The van der Waals surface area contributed by atoms with Gasteiger partial charge >= 0.3 is 6.18 Å². The number of amides is 1. The third kappa shape index (κ3) is 3.90. The minimum atomic E-state index is -4.71. The molecule has 1 amide bonds. The van der Waals surface area contributed by atoms with Gasteiger partial charge in [0.05, 0.1) is 31.1 Å². The van der Waals surface area contributed by atoms with Gasteiger partial charge in [-0.1, -0.05) is 30.3 Å². The fraction of sp³-hybridized carbons (Fsp3) is 0.176. The van der Waals surface area contributed by atoms with E-state index in [4.69, 9.17) is 4.42 Å². The molecule has 5 nitrogen and oxygen atoms in total. The Kier molecular flexibility index (Phi) is 4.60. The Morgan fingerprint density at radius 2 is 1.92 bits per heavy atom. The van der Waals surface area contributed by atoms with Crippen LogP contribution in [-0.4, -0.2) is 15.7 Å². The van der Waals surface area contributed by atoms with Crippen LogP contribution >= 0.6 is 0 Å². The molecule has 0 saturated heterocycles. The van der Waals surface area contributed by atoms with Crippen molar-refractivity contribution in [2.24, 2.45) is 0 Å². The van der Waals surface area contributed by atoms with E-state index in [0.29, 0.717) is 11.3 Å². The zero-order valence-electron chi connectivity index (χ0n) is 13.0. The van der Waals surface area contributed by atoms with Crippen molar-refractivity contribution in [3.05, 3.63) is 77.5 Å². The largest absolute Gasteiger partial charge is 0.467 e. The highest BCUT2D eigenvalue weighted by atomic mass is 19.4. The second-order valence-corrected chi connectivity index (χ2v) is 5.31. The summed E-state index contributed by atoms with van der Waals surface area (Å²) in [6.07, 6.45) is -2.35. The maximum absolute atomic E-state index is 13.5. The molecule has 0 aliphatic carbocycles. The van der Waals surface area contributed by atoms with Crippen LogP contribution in [0.15, 0.2) is 59.3 Å². The van der Waals surface area contributed by atoms with E-state index in [-0.39, 0.29) is 13.1 Å². The van der Waals surface area contributed by atoms with E-state index in [1.807, 2.05) is 0 Å². The molecule has 3 aromatic rings. The fourth-order valence-corrected chi connectivity index (χ4v) is 2.40. The molecule has 2 aromatic heterocycles. The molecule has 0 atom stereocenters. The van der Waals surface area contributed by atoms with Gasteiger partial charge < -0.3 is 9.73 Å². The number of hydrogen-bond acceptors (Lipinski definition) is 3. The number of rotatable bonds is 5. The van der Waals surface area contributed by atoms with Crippen LogP contribution < -0.4 is 5.32 Å². The van der Waals surface area contributed by atoms with E-state index in [9.17, 15) is 18.0 Å². The van der Waals surface area contributed by atoms with E-state index in [1.54, 1.807) is 42.5 Å². The highest BCUT2D eigenvalue weighted by Gasteiger charge is 2.40. The third-order valence-corrected chi connectivity index (χ3v) is 3.53. The van der Waals surface area contributed by atoms with Crippen LogP contribution in [0.25, 0.3) is 0 Å². The molecule has 0 bridgehead atoms. The van der Waals surface area contributed by atoms with Crippen LogP contribution in [0, 0.1) is 0 Å². The van der Waals surface area contributed by atoms with Crippen molar-refractivity contribution in [3.63, 3.8) is 0 Å². The molecule has 0 unspecified atom stereocenters. The van der Waals surface area contributed by atoms with Crippen LogP contribution in [0.3, 0.4) is 0 Å². The van der Waals surface area contributed by atoms with Gasteiger partial charge in [-0.3, -0.25) is 9.48 Å². The second-order valence-electron chi connectivity index (χ2n) is 5.31. The third-order valence-electron chi connectivity index (χ3n) is 3.53. The smallest absolute Gasteiger partial charge is 0.433 e. The Morgan fingerprint density at radius 1 is 1.16 bits per heavy atom. The number of alkyl halides is 3. The number of halogens is 3. The summed E-state index contributed by atoms with van der Waals surface area (Å²) in [5.41, 5.74) is -0.943. The van der Waals surface area contributed by atoms with Gasteiger partial charge in [-0.05, 0) is 17.7 Å². The van der Waals surface area contributed by atoms with E-state index in [2.05, 4.69) is 10.4 Å². The van der Waals surface area contributed by atoms with Crippen molar-refractivity contribution in [2.75, 3.05) is 0 Å². The molecule has 1 aromatic carbocycles. The molecule has 0 aliphatic rings. The molecule has 130 valence electrons. The van der Waals surface area contributed by atoms with Gasteiger partial charge in [0.15, 0.2) is 5.69 Å². The lowest BCUT2D eigenvalue weighted by molar-refractivity contribution is -0.144. The van der Waals surface area contributed by atoms with Crippen molar-refractivity contribution in [1.29, 1.82) is 0 Å². The Labute approximate surface area is 141 Å². The summed E-state index contributed by atoms with van der Waals surface area (Å²) in [5.74, 6) is -0.415. The number of furan rings is 1. The van der Waals surface area contributed by atoms with Gasteiger partial charge in [-0.2, -0.15) is 18.3 Å². The molecule has 0 saturated carbocycles. The first-order valence-electron chi connectivity index (χ1n) is 7.42. The lowest BCUT2D eigenvalue weighted by atomic mass is 10.2. The zero-order chi connectivity index (χ0) is 17.9. The first-order valence-corrected chi connectivity index (χ1v) is 7.42. The van der Waals surface area contributed by atoms with Gasteiger partial charge in [-0.25, -0.2) is 0 Å². The normalized spacial score (nSPS) is 11.5. The molecule has 0 aliphatic heterocycles. The molecule has 25 heavy (non-hydrogen) atoms. The minimum Gasteiger partial charge on any atom is -0.467 e. The molecule has 0 fully saturated rings. The maximum atomic E-state index is 13.5. The SMILES string of the molecule is O=C(NCc1ccco1)c1cnn(Cc2ccccc2)c1C(F)(F)F. The molecule has 1 N–H and O–H groups in total. The monoisotopic (exact) mass is 349 g/mol. The van der Waals surface area contributed by atoms with Gasteiger partial charge in [0, 0.05) is 0 Å². The highest BCUT2D eigenvalue weighted by Crippen LogP contribution is 2.32. The summed E-state index contributed by atoms with van der Waals surface area (Å²) < 4.78 is 46.2. The number of nitrogens with one attached hydrogen (secondary N) is 1. The highest BCUT2D eigenvalue weighted by molar-refractivity contribution is 5.95. The van der Waals surface area contributed by atoms with Crippen molar-refractivity contribution in [2.45, 2.75) is 19.3 Å². The molecule has 2 heterocycles. The van der Waals surface area contributed by atoms with Crippen molar-refractivity contribution >= 4 is 5.91 Å². The Balaban J connectivity index is 1.85. The van der Waals surface area contributed by atoms with Crippen LogP contribution in [0.1, 0.15) is 27.4 Å². The predicted molar refractivity (Wildman–Crippen MR) is 82.7 cm³/mol. The van der Waals surface area contributed by atoms with Crippen LogP contribution in [-0.2, 0) is 19.3 Å². The standard InChI is InChI=1S/C17H14F3N3O2/c18-17(19,20)15-14(16(24)21-9-13-7-4-8-25-13)10-22-23(15)11-12-5-2-1-3-6-12/h1-8,10H,9,11H2,(H,21,24). The summed E-state index contributed by atoms with van der Waals surface area (Å²) in [4.78, 5) is 12.2. The van der Waals surface area contributed by atoms with Crippen molar-refractivity contribution in [3.8, 4) is 0 Å². The number of aromatic nitrogens is 2. The Bertz CT molecular complexity index is 840. The number of carbonyl (C=O) groups excluding carboxylic acids is 1. The first kappa shape index (κ1) is 16.8. The predicted octanol–water partition coefficient (Wildman–Crippen LogP) is 3.47. The second kappa shape index (κ2) is 6.84. The summed E-state index contributed by atoms with van der Waals surface area (Å²) in [5, 5.41) is 6.16. The molecule has 8 heteroatoms. The number of nitrogens with zero attached hydrogens (tertiary/aromatic N) is 2. The molecular formula is C17H14F3N3O2. The van der Waals surface area contributed by atoms with Gasteiger partial charge in [-0.15, -0.1) is 0 Å². The maximum Gasteiger partial charge on any atom is 0.433 e. The number of benzene rings is 1. The lowest BCUT2D eigenvalue weighted by Crippen LogP contribution is -2.26. The molecule has 0 radical (unpaired) electrons. The van der Waals surface area contributed by atoms with E-state index < -0.39 is 23.3 Å². The fourth-order valence-electron chi connectivity index (χ4n) is 2.40. The number of hydrogen-bond donors (Lipinski definition) is 1. The first-order chi connectivity index (χ1) is 11.9. The molecule has 3 rings (SSSR count). The average molecular weight is 349 g/mol. The van der Waals surface area contributed by atoms with Crippen molar-refractivity contribution < 1.29 is 22.4 Å². The summed E-state index contributed by atoms with van der Waals surface area (Å²) in [7, 11) is 0. The minimum absolute atomic E-state index is 0.00695. The topological polar surface area (TPSA) is 60.1 Å². The summed E-state index contributed by atoms with van der Waals surface area (Å²) in [6, 6.07) is 11.8. The van der Waals surface area contributed by atoms with Gasteiger partial charge in [0.25, 0.3) is 5.91 Å². The lowest BCUT2D eigenvalue weighted by Gasteiger charge is -2.12. The zero-order valence-corrected chi connectivity index (χ0v) is 13.0. The van der Waals surface area contributed by atoms with Crippen LogP contribution in [0.4, 0.5) is 13.2 Å². The van der Waals surface area contributed by atoms with E-state index in [1.165, 1.54) is 6.26 Å². The molecule has 0 spiro atoms. The van der Waals surface area contributed by atoms with Crippen LogP contribution in [0.2, 0.25) is 0 Å². The number of carbonyl (C=O) groups is 1. The van der Waals surface area contributed by atoms with Crippen LogP contribution in [0.5, 0.6) is 0 Å². The summed E-state index contributed by atoms with van der Waals surface area (Å²) >= 11 is 0.